The number of benzene rings is 1. The Hall–Kier alpha value is -1.20. The van der Waals surface area contributed by atoms with E-state index in [2.05, 4.69) is 0 Å². The van der Waals surface area contributed by atoms with E-state index in [1.165, 1.54) is 16.7 Å². The first-order valence-electron chi connectivity index (χ1n) is 6.34. The van der Waals surface area contributed by atoms with Gasteiger partial charge < -0.3 is 10.0 Å². The molecule has 0 aliphatic carbocycles. The van der Waals surface area contributed by atoms with Crippen molar-refractivity contribution in [3.05, 3.63) is 34.3 Å². The SMILES string of the molecule is Cc1ccc(CCC(=O)N2CSC[C@H]2C(=O)O)cc1Cl. The molecule has 1 aromatic carbocycles. The summed E-state index contributed by atoms with van der Waals surface area (Å²) in [6.45, 7) is 1.93. The third-order valence-corrected chi connectivity index (χ3v) is 4.77. The normalized spacial score (nSPS) is 18.3. The van der Waals surface area contributed by atoms with Crippen LogP contribution >= 0.6 is 23.4 Å². The van der Waals surface area contributed by atoms with E-state index in [9.17, 15) is 9.59 Å². The number of amides is 1. The van der Waals surface area contributed by atoms with E-state index < -0.39 is 12.0 Å². The minimum Gasteiger partial charge on any atom is -0.480 e. The van der Waals surface area contributed by atoms with Crippen LogP contribution in [0.1, 0.15) is 17.5 Å². The fourth-order valence-electron chi connectivity index (χ4n) is 2.08. The molecule has 1 fully saturated rings. The lowest BCUT2D eigenvalue weighted by Crippen LogP contribution is -2.41. The van der Waals surface area contributed by atoms with E-state index in [4.69, 9.17) is 16.7 Å². The molecule has 4 nitrogen and oxygen atoms in total. The molecule has 1 amide bonds. The van der Waals surface area contributed by atoms with E-state index in [0.29, 0.717) is 29.5 Å². The Morgan fingerprint density at radius 2 is 2.25 bits per heavy atom. The molecule has 108 valence electrons. The van der Waals surface area contributed by atoms with Crippen molar-refractivity contribution in [1.82, 2.24) is 4.90 Å². The Bertz CT molecular complexity index is 535. The zero-order chi connectivity index (χ0) is 14.7. The molecule has 1 aromatic rings. The predicted molar refractivity (Wildman–Crippen MR) is 80.1 cm³/mol. The summed E-state index contributed by atoms with van der Waals surface area (Å²) >= 11 is 7.52. The van der Waals surface area contributed by atoms with Gasteiger partial charge in [-0.05, 0) is 30.5 Å². The number of aliphatic carboxylic acids is 1. The second-order valence-corrected chi connectivity index (χ2v) is 6.21. The Kier molecular flexibility index (Phi) is 4.94. The largest absolute Gasteiger partial charge is 0.480 e. The van der Waals surface area contributed by atoms with Gasteiger partial charge in [0.2, 0.25) is 5.91 Å². The molecule has 2 rings (SSSR count). The minimum absolute atomic E-state index is 0.112. The third-order valence-electron chi connectivity index (χ3n) is 3.35. The van der Waals surface area contributed by atoms with Crippen molar-refractivity contribution < 1.29 is 14.7 Å². The molecule has 0 spiro atoms. The van der Waals surface area contributed by atoms with Crippen LogP contribution < -0.4 is 0 Å². The first kappa shape index (κ1) is 15.2. The van der Waals surface area contributed by atoms with Crippen molar-refractivity contribution in [3.8, 4) is 0 Å². The number of carboxylic acids is 1. The number of nitrogens with zero attached hydrogens (tertiary/aromatic N) is 1. The summed E-state index contributed by atoms with van der Waals surface area (Å²) < 4.78 is 0. The summed E-state index contributed by atoms with van der Waals surface area (Å²) in [6.07, 6.45) is 0.885. The molecule has 0 bridgehead atoms. The Balaban J connectivity index is 1.94. The minimum atomic E-state index is -0.929. The van der Waals surface area contributed by atoms with Crippen molar-refractivity contribution in [3.63, 3.8) is 0 Å². The van der Waals surface area contributed by atoms with Gasteiger partial charge in [0, 0.05) is 17.2 Å². The molecular weight excluding hydrogens is 298 g/mol. The van der Waals surface area contributed by atoms with Gasteiger partial charge in [-0.1, -0.05) is 23.7 Å². The second-order valence-electron chi connectivity index (χ2n) is 4.80. The lowest BCUT2D eigenvalue weighted by molar-refractivity contribution is -0.147. The molecule has 0 radical (unpaired) electrons. The molecule has 1 aliphatic heterocycles. The topological polar surface area (TPSA) is 57.6 Å². The van der Waals surface area contributed by atoms with Crippen molar-refractivity contribution in [2.45, 2.75) is 25.8 Å². The van der Waals surface area contributed by atoms with Gasteiger partial charge in [0.1, 0.15) is 6.04 Å². The Labute approximate surface area is 127 Å². The van der Waals surface area contributed by atoms with Gasteiger partial charge in [-0.3, -0.25) is 4.79 Å². The maximum absolute atomic E-state index is 12.1. The van der Waals surface area contributed by atoms with Crippen LogP contribution in [0.5, 0.6) is 0 Å². The third kappa shape index (κ3) is 3.46. The van der Waals surface area contributed by atoms with Crippen LogP contribution in [0.3, 0.4) is 0 Å². The first-order chi connectivity index (χ1) is 9.49. The number of rotatable bonds is 4. The number of hydrogen-bond acceptors (Lipinski definition) is 3. The monoisotopic (exact) mass is 313 g/mol. The van der Waals surface area contributed by atoms with Crippen molar-refractivity contribution >= 4 is 35.2 Å². The average molecular weight is 314 g/mol. The van der Waals surface area contributed by atoms with Gasteiger partial charge in [-0.25, -0.2) is 4.79 Å². The number of carbonyl (C=O) groups is 2. The van der Waals surface area contributed by atoms with Gasteiger partial charge in [-0.2, -0.15) is 0 Å². The van der Waals surface area contributed by atoms with Gasteiger partial charge in [0.25, 0.3) is 0 Å². The molecule has 0 unspecified atom stereocenters. The summed E-state index contributed by atoms with van der Waals surface area (Å²) in [6, 6.07) is 5.04. The zero-order valence-electron chi connectivity index (χ0n) is 11.1. The van der Waals surface area contributed by atoms with Crippen LogP contribution in [0.2, 0.25) is 5.02 Å². The Morgan fingerprint density at radius 3 is 2.90 bits per heavy atom. The molecule has 0 aromatic heterocycles. The van der Waals surface area contributed by atoms with Crippen LogP contribution in [0.15, 0.2) is 18.2 Å². The highest BCUT2D eigenvalue weighted by Gasteiger charge is 2.33. The number of halogens is 1. The number of aryl methyl sites for hydroxylation is 2. The fourth-order valence-corrected chi connectivity index (χ4v) is 3.45. The van der Waals surface area contributed by atoms with Crippen LogP contribution in [0, 0.1) is 6.92 Å². The zero-order valence-corrected chi connectivity index (χ0v) is 12.7. The molecule has 20 heavy (non-hydrogen) atoms. The number of carbonyl (C=O) groups excluding carboxylic acids is 1. The van der Waals surface area contributed by atoms with Gasteiger partial charge in [-0.15, -0.1) is 11.8 Å². The predicted octanol–water partition coefficient (Wildman–Crippen LogP) is 2.57. The standard InChI is InChI=1S/C14H16ClNO3S/c1-9-2-3-10(6-11(9)15)4-5-13(17)16-8-20-7-12(16)14(18)19/h2-3,6,12H,4-5,7-8H2,1H3,(H,18,19)/t12-/m0/s1. The first-order valence-corrected chi connectivity index (χ1v) is 7.87. The maximum atomic E-state index is 12.1. The van der Waals surface area contributed by atoms with Crippen LogP contribution in [0.25, 0.3) is 0 Å². The second kappa shape index (κ2) is 6.50. The maximum Gasteiger partial charge on any atom is 0.327 e. The fraction of sp³-hybridized carbons (Fsp3) is 0.429. The van der Waals surface area contributed by atoms with Gasteiger partial charge in [0.05, 0.1) is 5.88 Å². The summed E-state index contributed by atoms with van der Waals surface area (Å²) in [4.78, 5) is 24.6. The summed E-state index contributed by atoms with van der Waals surface area (Å²) in [5.74, 6) is -0.108. The highest BCUT2D eigenvalue weighted by atomic mass is 35.5. The molecule has 1 saturated heterocycles. The van der Waals surface area contributed by atoms with E-state index in [0.717, 1.165) is 11.1 Å². The average Bonchev–Trinajstić information content (AvgIpc) is 2.89. The molecule has 1 atom stereocenters. The number of hydrogen-bond donors (Lipinski definition) is 1. The van der Waals surface area contributed by atoms with E-state index in [1.807, 2.05) is 25.1 Å². The van der Waals surface area contributed by atoms with E-state index >= 15 is 0 Å². The van der Waals surface area contributed by atoms with Crippen LogP contribution in [-0.4, -0.2) is 39.6 Å². The van der Waals surface area contributed by atoms with Gasteiger partial charge in [0.15, 0.2) is 0 Å². The lowest BCUT2D eigenvalue weighted by Gasteiger charge is -2.20. The van der Waals surface area contributed by atoms with Crippen LogP contribution in [-0.2, 0) is 16.0 Å². The molecule has 0 saturated carbocycles. The molecule has 1 aliphatic rings. The summed E-state index contributed by atoms with van der Waals surface area (Å²) in [5, 5.41) is 9.75. The van der Waals surface area contributed by atoms with Crippen molar-refractivity contribution in [1.29, 1.82) is 0 Å². The summed E-state index contributed by atoms with van der Waals surface area (Å²) in [5.41, 5.74) is 2.00. The lowest BCUT2D eigenvalue weighted by atomic mass is 10.1. The highest BCUT2D eigenvalue weighted by Crippen LogP contribution is 2.23. The van der Waals surface area contributed by atoms with Crippen molar-refractivity contribution in [2.75, 3.05) is 11.6 Å². The molecule has 1 heterocycles. The summed E-state index contributed by atoms with van der Waals surface area (Å²) in [7, 11) is 0. The van der Waals surface area contributed by atoms with E-state index in [1.54, 1.807) is 0 Å². The van der Waals surface area contributed by atoms with Crippen molar-refractivity contribution in [2.24, 2.45) is 0 Å². The Morgan fingerprint density at radius 1 is 1.50 bits per heavy atom. The van der Waals surface area contributed by atoms with E-state index in [-0.39, 0.29) is 5.91 Å². The highest BCUT2D eigenvalue weighted by molar-refractivity contribution is 7.99. The van der Waals surface area contributed by atoms with Gasteiger partial charge >= 0.3 is 5.97 Å². The smallest absolute Gasteiger partial charge is 0.327 e. The van der Waals surface area contributed by atoms with Crippen LogP contribution in [0.4, 0.5) is 0 Å². The quantitative estimate of drug-likeness (QED) is 0.928. The molecular formula is C14H16ClNO3S. The molecule has 1 N–H and O–H groups in total. The molecule has 6 heteroatoms. The number of thioether (sulfide) groups is 1. The number of carboxylic acid groups (broad SMARTS) is 1.